The maximum absolute atomic E-state index is 8.93. The molecule has 0 amide bonds. The number of nitrogens with zero attached hydrogens (tertiary/aromatic N) is 3. The van der Waals surface area contributed by atoms with Gasteiger partial charge in [-0.15, -0.1) is 0 Å². The average molecular weight is 312 g/mol. The maximum atomic E-state index is 8.93. The minimum absolute atomic E-state index is 0.475. The number of para-hydroxylation sites is 1. The van der Waals surface area contributed by atoms with Crippen molar-refractivity contribution >= 4 is 11.0 Å². The van der Waals surface area contributed by atoms with E-state index in [0.717, 1.165) is 22.4 Å². The number of nitrogens with one attached hydrogen (secondary N) is 1. The normalized spacial score (nSPS) is 10.5. The molecule has 2 heterocycles. The van der Waals surface area contributed by atoms with Gasteiger partial charge < -0.3 is 9.72 Å². The van der Waals surface area contributed by atoms with Crippen LogP contribution in [-0.2, 0) is 0 Å². The summed E-state index contributed by atoms with van der Waals surface area (Å²) in [7, 11) is 0. The molecule has 0 spiro atoms. The monoisotopic (exact) mass is 312 g/mol. The van der Waals surface area contributed by atoms with Gasteiger partial charge in [-0.1, -0.05) is 18.2 Å². The predicted molar refractivity (Wildman–Crippen MR) is 90.6 cm³/mol. The second-order valence-electron chi connectivity index (χ2n) is 5.23. The van der Waals surface area contributed by atoms with Gasteiger partial charge in [0.2, 0.25) is 0 Å². The minimum Gasteiger partial charge on any atom is -0.457 e. The number of fused-ring (bicyclic) bond motifs is 1. The van der Waals surface area contributed by atoms with Gasteiger partial charge in [-0.25, -0.2) is 9.97 Å². The lowest BCUT2D eigenvalue weighted by atomic mass is 10.2. The molecule has 5 nitrogen and oxygen atoms in total. The molecule has 2 aromatic carbocycles. The number of nitriles is 1. The van der Waals surface area contributed by atoms with Crippen molar-refractivity contribution in [2.24, 2.45) is 0 Å². The number of benzene rings is 2. The number of ether oxygens (including phenoxy) is 1. The molecule has 0 atom stereocenters. The van der Waals surface area contributed by atoms with Crippen LogP contribution in [-0.4, -0.2) is 15.0 Å². The van der Waals surface area contributed by atoms with Gasteiger partial charge in [-0.3, -0.25) is 0 Å². The van der Waals surface area contributed by atoms with Crippen molar-refractivity contribution in [2.75, 3.05) is 0 Å². The molecule has 0 saturated carbocycles. The summed E-state index contributed by atoms with van der Waals surface area (Å²) in [6.07, 6.45) is 1.71. The van der Waals surface area contributed by atoms with Crippen LogP contribution < -0.4 is 4.74 Å². The van der Waals surface area contributed by atoms with Crippen molar-refractivity contribution in [3.05, 3.63) is 72.6 Å². The van der Waals surface area contributed by atoms with Crippen molar-refractivity contribution in [1.29, 1.82) is 5.26 Å². The summed E-state index contributed by atoms with van der Waals surface area (Å²) >= 11 is 0. The highest BCUT2D eigenvalue weighted by molar-refractivity contribution is 5.78. The topological polar surface area (TPSA) is 74.6 Å². The van der Waals surface area contributed by atoms with Crippen LogP contribution in [0.5, 0.6) is 11.5 Å². The highest BCUT2D eigenvalue weighted by atomic mass is 16.5. The summed E-state index contributed by atoms with van der Waals surface area (Å²) in [5.41, 5.74) is 2.01. The summed E-state index contributed by atoms with van der Waals surface area (Å²) in [4.78, 5) is 11.8. The molecule has 0 fully saturated rings. The summed E-state index contributed by atoms with van der Waals surface area (Å²) in [6.45, 7) is 0. The van der Waals surface area contributed by atoms with Gasteiger partial charge in [-0.2, -0.15) is 5.26 Å². The largest absolute Gasteiger partial charge is 0.457 e. The molecule has 0 radical (unpaired) electrons. The van der Waals surface area contributed by atoms with E-state index in [1.165, 1.54) is 0 Å². The Labute approximate surface area is 138 Å². The standard InChI is InChI=1S/C19H12N4O/c20-11-15-10-14-12-21-18(23-19(14)22-15)13-6-8-17(9-7-13)24-16-4-2-1-3-5-16/h1-10,12H,(H,21,22,23). The Bertz CT molecular complexity index is 1030. The number of rotatable bonds is 3. The third kappa shape index (κ3) is 2.69. The molecule has 0 aliphatic carbocycles. The van der Waals surface area contributed by atoms with Gasteiger partial charge in [0, 0.05) is 17.1 Å². The fraction of sp³-hybridized carbons (Fsp3) is 0. The lowest BCUT2D eigenvalue weighted by Crippen LogP contribution is -1.90. The fourth-order valence-corrected chi connectivity index (χ4v) is 2.41. The predicted octanol–water partition coefficient (Wildman–Crippen LogP) is 4.29. The van der Waals surface area contributed by atoms with Gasteiger partial charge in [0.15, 0.2) is 5.82 Å². The molecule has 5 heteroatoms. The first-order valence-electron chi connectivity index (χ1n) is 7.41. The molecule has 114 valence electrons. The van der Waals surface area contributed by atoms with Crippen molar-refractivity contribution in [3.8, 4) is 29.0 Å². The van der Waals surface area contributed by atoms with E-state index in [1.54, 1.807) is 12.3 Å². The highest BCUT2D eigenvalue weighted by Gasteiger charge is 2.07. The first-order valence-corrected chi connectivity index (χ1v) is 7.41. The Kier molecular flexibility index (Phi) is 3.41. The molecule has 1 N–H and O–H groups in total. The number of hydrogen-bond donors (Lipinski definition) is 1. The van der Waals surface area contributed by atoms with E-state index >= 15 is 0 Å². The molecule has 0 bridgehead atoms. The lowest BCUT2D eigenvalue weighted by Gasteiger charge is -2.06. The Morgan fingerprint density at radius 3 is 2.46 bits per heavy atom. The van der Waals surface area contributed by atoms with Gasteiger partial charge >= 0.3 is 0 Å². The van der Waals surface area contributed by atoms with Crippen LogP contribution in [0.25, 0.3) is 22.4 Å². The summed E-state index contributed by atoms with van der Waals surface area (Å²) in [5, 5.41) is 9.75. The van der Waals surface area contributed by atoms with Crippen molar-refractivity contribution < 1.29 is 4.74 Å². The minimum atomic E-state index is 0.475. The quantitative estimate of drug-likeness (QED) is 0.612. The molecule has 0 aliphatic heterocycles. The zero-order chi connectivity index (χ0) is 16.4. The Morgan fingerprint density at radius 2 is 1.71 bits per heavy atom. The van der Waals surface area contributed by atoms with E-state index in [4.69, 9.17) is 10.00 Å². The third-order valence-corrected chi connectivity index (χ3v) is 3.58. The van der Waals surface area contributed by atoms with E-state index in [0.29, 0.717) is 17.2 Å². The third-order valence-electron chi connectivity index (χ3n) is 3.58. The molecule has 0 unspecified atom stereocenters. The van der Waals surface area contributed by atoms with Crippen LogP contribution in [0.3, 0.4) is 0 Å². The van der Waals surface area contributed by atoms with Crippen molar-refractivity contribution in [2.45, 2.75) is 0 Å². The van der Waals surface area contributed by atoms with Crippen LogP contribution >= 0.6 is 0 Å². The second-order valence-corrected chi connectivity index (χ2v) is 5.23. The van der Waals surface area contributed by atoms with Gasteiger partial charge in [0.1, 0.15) is 28.9 Å². The number of aromatic amines is 1. The van der Waals surface area contributed by atoms with E-state index in [2.05, 4.69) is 21.0 Å². The molecule has 4 rings (SSSR count). The van der Waals surface area contributed by atoms with E-state index in [9.17, 15) is 0 Å². The summed E-state index contributed by atoms with van der Waals surface area (Å²) < 4.78 is 5.77. The fourth-order valence-electron chi connectivity index (χ4n) is 2.41. The molecular weight excluding hydrogens is 300 g/mol. The molecule has 4 aromatic rings. The van der Waals surface area contributed by atoms with E-state index in [1.807, 2.05) is 54.6 Å². The Hall–Kier alpha value is -3.65. The molecule has 2 aromatic heterocycles. The van der Waals surface area contributed by atoms with Crippen LogP contribution in [0.1, 0.15) is 5.69 Å². The van der Waals surface area contributed by atoms with Crippen LogP contribution in [0, 0.1) is 11.3 Å². The maximum Gasteiger partial charge on any atom is 0.161 e. The molecule has 0 saturated heterocycles. The van der Waals surface area contributed by atoms with Gasteiger partial charge in [-0.05, 0) is 42.5 Å². The zero-order valence-corrected chi connectivity index (χ0v) is 12.6. The number of aromatic nitrogens is 3. The second kappa shape index (κ2) is 5.86. The van der Waals surface area contributed by atoms with Crippen LogP contribution in [0.15, 0.2) is 66.9 Å². The lowest BCUT2D eigenvalue weighted by molar-refractivity contribution is 0.483. The van der Waals surface area contributed by atoms with E-state index in [-0.39, 0.29) is 0 Å². The first-order chi connectivity index (χ1) is 11.8. The van der Waals surface area contributed by atoms with Crippen LogP contribution in [0.4, 0.5) is 0 Å². The van der Waals surface area contributed by atoms with Crippen molar-refractivity contribution in [1.82, 2.24) is 15.0 Å². The molecule has 24 heavy (non-hydrogen) atoms. The van der Waals surface area contributed by atoms with E-state index < -0.39 is 0 Å². The number of H-pyrrole nitrogens is 1. The Morgan fingerprint density at radius 1 is 0.958 bits per heavy atom. The Balaban J connectivity index is 1.61. The molecule has 0 aliphatic rings. The summed E-state index contributed by atoms with van der Waals surface area (Å²) in [5.74, 6) is 2.14. The highest BCUT2D eigenvalue weighted by Crippen LogP contribution is 2.25. The van der Waals surface area contributed by atoms with Gasteiger partial charge in [0.05, 0.1) is 0 Å². The average Bonchev–Trinajstić information content (AvgIpc) is 3.05. The van der Waals surface area contributed by atoms with Gasteiger partial charge in [0.25, 0.3) is 0 Å². The first kappa shape index (κ1) is 14.0. The molecular formula is C19H12N4O. The zero-order valence-electron chi connectivity index (χ0n) is 12.6. The smallest absolute Gasteiger partial charge is 0.161 e. The van der Waals surface area contributed by atoms with Crippen LogP contribution in [0.2, 0.25) is 0 Å². The summed E-state index contributed by atoms with van der Waals surface area (Å²) in [6, 6.07) is 21.0. The van der Waals surface area contributed by atoms with Crippen molar-refractivity contribution in [3.63, 3.8) is 0 Å². The SMILES string of the molecule is N#Cc1cc2cnc(-c3ccc(Oc4ccccc4)cc3)nc2[nH]1. The number of hydrogen-bond acceptors (Lipinski definition) is 4.